The lowest BCUT2D eigenvalue weighted by atomic mass is 9.91. The van der Waals surface area contributed by atoms with E-state index < -0.39 is 6.36 Å². The maximum absolute atomic E-state index is 12.2. The fourth-order valence-corrected chi connectivity index (χ4v) is 3.01. The van der Waals surface area contributed by atoms with E-state index in [4.69, 9.17) is 11.6 Å². The molecule has 0 N–H and O–H groups in total. The largest absolute Gasteiger partial charge is 0.573 e. The number of alkyl halides is 4. The lowest BCUT2D eigenvalue weighted by Crippen LogP contribution is -2.17. The number of benzene rings is 1. The van der Waals surface area contributed by atoms with Gasteiger partial charge in [-0.1, -0.05) is 31.4 Å². The second kappa shape index (κ2) is 6.04. The topological polar surface area (TPSA) is 9.23 Å². The van der Waals surface area contributed by atoms with E-state index in [0.717, 1.165) is 37.7 Å². The molecule has 2 rings (SSSR count). The lowest BCUT2D eigenvalue weighted by Gasteiger charge is -2.20. The Labute approximate surface area is 115 Å². The third-order valence-electron chi connectivity index (χ3n) is 3.45. The summed E-state index contributed by atoms with van der Waals surface area (Å²) in [4.78, 5) is 0. The number of hydrogen-bond donors (Lipinski definition) is 0. The van der Waals surface area contributed by atoms with Crippen LogP contribution in [0.3, 0.4) is 0 Å². The van der Waals surface area contributed by atoms with Crippen molar-refractivity contribution >= 4 is 11.6 Å². The summed E-state index contributed by atoms with van der Waals surface area (Å²) in [6.45, 7) is 0. The van der Waals surface area contributed by atoms with Gasteiger partial charge in [0.15, 0.2) is 0 Å². The van der Waals surface area contributed by atoms with Crippen molar-refractivity contribution in [3.8, 4) is 5.75 Å². The minimum Gasteiger partial charge on any atom is -0.406 e. The van der Waals surface area contributed by atoms with Crippen molar-refractivity contribution < 1.29 is 17.9 Å². The van der Waals surface area contributed by atoms with Crippen LogP contribution in [0.2, 0.25) is 0 Å². The van der Waals surface area contributed by atoms with Crippen LogP contribution in [0.4, 0.5) is 13.2 Å². The van der Waals surface area contributed by atoms with E-state index in [0.29, 0.717) is 0 Å². The molecular formula is C14H16ClF3O. The Morgan fingerprint density at radius 3 is 2.58 bits per heavy atom. The quantitative estimate of drug-likeness (QED) is 0.535. The summed E-state index contributed by atoms with van der Waals surface area (Å²) in [7, 11) is 0. The van der Waals surface area contributed by atoms with Crippen molar-refractivity contribution in [2.75, 3.05) is 0 Å². The molecule has 5 heteroatoms. The van der Waals surface area contributed by atoms with Gasteiger partial charge in [0, 0.05) is 11.3 Å². The Bertz CT molecular complexity index is 419. The van der Waals surface area contributed by atoms with Crippen molar-refractivity contribution in [2.24, 2.45) is 0 Å². The molecule has 1 fully saturated rings. The third kappa shape index (κ3) is 4.30. The van der Waals surface area contributed by atoms with Crippen LogP contribution in [0.1, 0.15) is 43.6 Å². The number of hydrogen-bond acceptors (Lipinski definition) is 1. The van der Waals surface area contributed by atoms with Crippen molar-refractivity contribution in [2.45, 2.75) is 49.8 Å². The van der Waals surface area contributed by atoms with Gasteiger partial charge in [0.05, 0.1) is 0 Å². The summed E-state index contributed by atoms with van der Waals surface area (Å²) in [6, 6.07) is 6.19. The second-order valence-electron chi connectivity index (χ2n) is 4.88. The van der Waals surface area contributed by atoms with E-state index in [1.165, 1.54) is 12.1 Å². The van der Waals surface area contributed by atoms with E-state index in [-0.39, 0.29) is 17.0 Å². The zero-order valence-corrected chi connectivity index (χ0v) is 11.2. The highest BCUT2D eigenvalue weighted by molar-refractivity contribution is 6.21. The van der Waals surface area contributed by atoms with Gasteiger partial charge in [-0.15, -0.1) is 24.8 Å². The van der Waals surface area contributed by atoms with Crippen molar-refractivity contribution in [3.63, 3.8) is 0 Å². The maximum Gasteiger partial charge on any atom is 0.573 e. The molecule has 0 bridgehead atoms. The Hall–Kier alpha value is -0.900. The van der Waals surface area contributed by atoms with Crippen molar-refractivity contribution in [1.82, 2.24) is 0 Å². The number of rotatable bonds is 2. The molecule has 19 heavy (non-hydrogen) atoms. The van der Waals surface area contributed by atoms with Gasteiger partial charge in [0.2, 0.25) is 0 Å². The number of ether oxygens (including phenoxy) is 1. The van der Waals surface area contributed by atoms with Gasteiger partial charge in [0.1, 0.15) is 5.75 Å². The molecule has 106 valence electrons. The predicted molar refractivity (Wildman–Crippen MR) is 68.6 cm³/mol. The summed E-state index contributed by atoms with van der Waals surface area (Å²) in [5.74, 6) is -0.0564. The third-order valence-corrected chi connectivity index (χ3v) is 3.97. The summed E-state index contributed by atoms with van der Waals surface area (Å²) in [5, 5.41) is -0.0105. The molecule has 1 aromatic rings. The number of halogens is 4. The minimum atomic E-state index is -4.65. The van der Waals surface area contributed by atoms with Crippen LogP contribution in [-0.2, 0) is 0 Å². The summed E-state index contributed by atoms with van der Waals surface area (Å²) in [6.07, 6.45) is 0.475. The monoisotopic (exact) mass is 292 g/mol. The maximum atomic E-state index is 12.2. The average Bonchev–Trinajstić information content (AvgIpc) is 2.52. The zero-order chi connectivity index (χ0) is 13.9. The predicted octanol–water partition coefficient (Wildman–Crippen LogP) is 5.24. The standard InChI is InChI=1S/C14H16ClF3O/c15-13-8-3-1-2-7-12(13)10-5-4-6-11(9-10)19-14(16,17)18/h4-6,9,12-13H,1-3,7-8H2. The van der Waals surface area contributed by atoms with E-state index >= 15 is 0 Å². The van der Waals surface area contributed by atoms with E-state index in [1.54, 1.807) is 6.07 Å². The molecule has 0 spiro atoms. The molecule has 0 amide bonds. The lowest BCUT2D eigenvalue weighted by molar-refractivity contribution is -0.274. The van der Waals surface area contributed by atoms with Gasteiger partial charge in [-0.25, -0.2) is 0 Å². The second-order valence-corrected chi connectivity index (χ2v) is 5.44. The molecule has 1 nitrogen and oxygen atoms in total. The van der Waals surface area contributed by atoms with Crippen LogP contribution in [-0.4, -0.2) is 11.7 Å². The molecule has 1 aliphatic carbocycles. The smallest absolute Gasteiger partial charge is 0.406 e. The van der Waals surface area contributed by atoms with Gasteiger partial charge < -0.3 is 4.74 Å². The molecule has 0 saturated heterocycles. The van der Waals surface area contributed by atoms with Crippen LogP contribution >= 0.6 is 11.6 Å². The first kappa shape index (κ1) is 14.5. The Morgan fingerprint density at radius 1 is 1.11 bits per heavy atom. The fraction of sp³-hybridized carbons (Fsp3) is 0.571. The first-order valence-electron chi connectivity index (χ1n) is 6.45. The molecular weight excluding hydrogens is 277 g/mol. The first-order valence-corrected chi connectivity index (χ1v) is 6.89. The van der Waals surface area contributed by atoms with Gasteiger partial charge in [-0.2, -0.15) is 0 Å². The highest BCUT2D eigenvalue weighted by Crippen LogP contribution is 2.37. The van der Waals surface area contributed by atoms with Crippen LogP contribution < -0.4 is 4.74 Å². The van der Waals surface area contributed by atoms with E-state index in [9.17, 15) is 13.2 Å². The van der Waals surface area contributed by atoms with Crippen LogP contribution in [0, 0.1) is 0 Å². The molecule has 0 aromatic heterocycles. The van der Waals surface area contributed by atoms with Crippen LogP contribution in [0.25, 0.3) is 0 Å². The van der Waals surface area contributed by atoms with Crippen LogP contribution in [0.15, 0.2) is 24.3 Å². The summed E-state index contributed by atoms with van der Waals surface area (Å²) < 4.78 is 40.6. The van der Waals surface area contributed by atoms with E-state index in [1.807, 2.05) is 6.07 Å². The van der Waals surface area contributed by atoms with Crippen LogP contribution in [0.5, 0.6) is 5.75 Å². The molecule has 1 aromatic carbocycles. The molecule has 0 aliphatic heterocycles. The molecule has 2 unspecified atom stereocenters. The zero-order valence-electron chi connectivity index (χ0n) is 10.4. The molecule has 1 aliphatic rings. The first-order chi connectivity index (χ1) is 8.96. The Morgan fingerprint density at radius 2 is 1.84 bits per heavy atom. The Balaban J connectivity index is 2.17. The van der Waals surface area contributed by atoms with E-state index in [2.05, 4.69) is 4.74 Å². The van der Waals surface area contributed by atoms with Gasteiger partial charge >= 0.3 is 6.36 Å². The van der Waals surface area contributed by atoms with Crippen molar-refractivity contribution in [1.29, 1.82) is 0 Å². The average molecular weight is 293 g/mol. The highest BCUT2D eigenvalue weighted by atomic mass is 35.5. The summed E-state index contributed by atoms with van der Waals surface area (Å²) >= 11 is 6.34. The van der Waals surface area contributed by atoms with Gasteiger partial charge in [-0.05, 0) is 30.5 Å². The fourth-order valence-electron chi connectivity index (χ4n) is 2.58. The minimum absolute atomic E-state index is 0.0105. The highest BCUT2D eigenvalue weighted by Gasteiger charge is 2.31. The summed E-state index contributed by atoms with van der Waals surface area (Å²) in [5.41, 5.74) is 0.837. The molecule has 2 atom stereocenters. The Kier molecular flexibility index (Phi) is 4.61. The molecule has 0 heterocycles. The van der Waals surface area contributed by atoms with Gasteiger partial charge in [-0.3, -0.25) is 0 Å². The molecule has 1 saturated carbocycles. The SMILES string of the molecule is FC(F)(F)Oc1cccc(C2CCCCCC2Cl)c1. The molecule has 0 radical (unpaired) electrons. The normalized spacial score (nSPS) is 24.8. The van der Waals surface area contributed by atoms with Crippen molar-refractivity contribution in [3.05, 3.63) is 29.8 Å². The van der Waals surface area contributed by atoms with Gasteiger partial charge in [0.25, 0.3) is 0 Å².